The van der Waals surface area contributed by atoms with Crippen molar-refractivity contribution in [2.24, 2.45) is 0 Å². The molecule has 0 radical (unpaired) electrons. The number of ether oxygens (including phenoxy) is 2. The van der Waals surface area contributed by atoms with Crippen molar-refractivity contribution in [3.8, 4) is 5.75 Å². The van der Waals surface area contributed by atoms with Crippen LogP contribution in [-0.4, -0.2) is 46.0 Å². The molecule has 2 unspecified atom stereocenters. The van der Waals surface area contributed by atoms with E-state index in [2.05, 4.69) is 9.46 Å². The lowest BCUT2D eigenvalue weighted by molar-refractivity contribution is -0.145. The van der Waals surface area contributed by atoms with Crippen LogP contribution >= 0.6 is 0 Å². The fourth-order valence-corrected chi connectivity index (χ4v) is 2.28. The number of hydrogen-bond donors (Lipinski definition) is 2. The zero-order valence-corrected chi connectivity index (χ0v) is 12.2. The van der Waals surface area contributed by atoms with E-state index in [-0.39, 0.29) is 0 Å². The van der Waals surface area contributed by atoms with Gasteiger partial charge in [-0.2, -0.15) is 4.72 Å². The minimum absolute atomic E-state index is 0.359. The van der Waals surface area contributed by atoms with Crippen LogP contribution in [0, 0.1) is 0 Å². The molecule has 0 heterocycles. The Kier molecular flexibility index (Phi) is 5.49. The van der Waals surface area contributed by atoms with Gasteiger partial charge in [0.25, 0.3) is 0 Å². The van der Waals surface area contributed by atoms with Crippen LogP contribution in [0.4, 0.5) is 0 Å². The first-order valence-electron chi connectivity index (χ1n) is 5.65. The molecule has 112 valence electrons. The number of aliphatic hydroxyl groups excluding tert-OH is 1. The summed E-state index contributed by atoms with van der Waals surface area (Å²) in [5, 5.41) is 10.1. The van der Waals surface area contributed by atoms with Gasteiger partial charge in [-0.1, -0.05) is 12.1 Å². The van der Waals surface area contributed by atoms with Gasteiger partial charge in [0.15, 0.2) is 0 Å². The molecular formula is C12H17NO6S. The van der Waals surface area contributed by atoms with Gasteiger partial charge in [0.2, 0.25) is 10.0 Å². The number of sulfonamides is 1. The molecule has 0 amide bonds. The van der Waals surface area contributed by atoms with Crippen molar-refractivity contribution < 1.29 is 27.8 Å². The summed E-state index contributed by atoms with van der Waals surface area (Å²) in [5.74, 6) is -0.301. The second kappa shape index (κ2) is 6.69. The Balaban J connectivity index is 3.02. The number of benzene rings is 1. The molecule has 2 N–H and O–H groups in total. The number of hydrogen-bond acceptors (Lipinski definition) is 6. The standard InChI is InChI=1S/C12H17NO6S/c1-18-9-6-4-8(5-7-9)11(14)10(12(15)19-2)13-20(3,16)17/h4-7,10-11,13-14H,1-3H3. The van der Waals surface area contributed by atoms with E-state index in [0.29, 0.717) is 11.3 Å². The maximum atomic E-state index is 11.6. The van der Waals surface area contributed by atoms with Crippen LogP contribution in [0.1, 0.15) is 11.7 Å². The zero-order valence-electron chi connectivity index (χ0n) is 11.4. The predicted molar refractivity (Wildman–Crippen MR) is 71.7 cm³/mol. The average molecular weight is 303 g/mol. The summed E-state index contributed by atoms with van der Waals surface area (Å²) in [6.07, 6.45) is -0.480. The molecule has 0 aliphatic heterocycles. The summed E-state index contributed by atoms with van der Waals surface area (Å²) in [6, 6.07) is 4.83. The van der Waals surface area contributed by atoms with E-state index >= 15 is 0 Å². The molecular weight excluding hydrogens is 286 g/mol. The van der Waals surface area contributed by atoms with E-state index in [9.17, 15) is 18.3 Å². The molecule has 2 atom stereocenters. The summed E-state index contributed by atoms with van der Waals surface area (Å²) in [4.78, 5) is 11.6. The van der Waals surface area contributed by atoms with Crippen LogP contribution in [-0.2, 0) is 19.6 Å². The van der Waals surface area contributed by atoms with Gasteiger partial charge in [-0.25, -0.2) is 8.42 Å². The molecule has 20 heavy (non-hydrogen) atoms. The minimum atomic E-state index is -3.68. The van der Waals surface area contributed by atoms with Gasteiger partial charge in [-0.3, -0.25) is 4.79 Å². The molecule has 0 saturated heterocycles. The maximum Gasteiger partial charge on any atom is 0.326 e. The number of rotatable bonds is 6. The van der Waals surface area contributed by atoms with E-state index in [1.165, 1.54) is 19.2 Å². The normalized spacial score (nSPS) is 14.4. The zero-order chi connectivity index (χ0) is 15.3. The summed E-state index contributed by atoms with van der Waals surface area (Å²) in [5.41, 5.74) is 0.359. The van der Waals surface area contributed by atoms with Gasteiger partial charge in [0.1, 0.15) is 17.9 Å². The highest BCUT2D eigenvalue weighted by atomic mass is 32.2. The highest BCUT2D eigenvalue weighted by Crippen LogP contribution is 2.21. The highest BCUT2D eigenvalue weighted by molar-refractivity contribution is 7.88. The molecule has 8 heteroatoms. The lowest BCUT2D eigenvalue weighted by Gasteiger charge is -2.21. The van der Waals surface area contributed by atoms with Crippen LogP contribution in [0.5, 0.6) is 5.75 Å². The molecule has 0 aromatic heterocycles. The molecule has 0 bridgehead atoms. The van der Waals surface area contributed by atoms with E-state index in [0.717, 1.165) is 13.4 Å². The SMILES string of the molecule is COC(=O)C(NS(C)(=O)=O)C(O)c1ccc(OC)cc1. The highest BCUT2D eigenvalue weighted by Gasteiger charge is 2.31. The van der Waals surface area contributed by atoms with Crippen molar-refractivity contribution in [1.29, 1.82) is 0 Å². The maximum absolute atomic E-state index is 11.6. The first-order valence-corrected chi connectivity index (χ1v) is 7.54. The van der Waals surface area contributed by atoms with Crippen molar-refractivity contribution in [2.45, 2.75) is 12.1 Å². The van der Waals surface area contributed by atoms with Gasteiger partial charge in [0.05, 0.1) is 20.5 Å². The fourth-order valence-electron chi connectivity index (χ4n) is 1.59. The molecule has 0 aliphatic carbocycles. The third-order valence-corrected chi connectivity index (χ3v) is 3.25. The molecule has 1 aromatic carbocycles. The van der Waals surface area contributed by atoms with E-state index in [1.54, 1.807) is 12.1 Å². The van der Waals surface area contributed by atoms with Gasteiger partial charge < -0.3 is 14.6 Å². The second-order valence-corrected chi connectivity index (χ2v) is 5.89. The van der Waals surface area contributed by atoms with Gasteiger partial charge in [0, 0.05) is 0 Å². The third-order valence-electron chi connectivity index (χ3n) is 2.57. The largest absolute Gasteiger partial charge is 0.497 e. The fraction of sp³-hybridized carbons (Fsp3) is 0.417. The van der Waals surface area contributed by atoms with Gasteiger partial charge in [-0.05, 0) is 17.7 Å². The summed E-state index contributed by atoms with van der Waals surface area (Å²) >= 11 is 0. The Morgan fingerprint density at radius 1 is 1.25 bits per heavy atom. The molecule has 1 aromatic rings. The topological polar surface area (TPSA) is 102 Å². The first kappa shape index (κ1) is 16.4. The minimum Gasteiger partial charge on any atom is -0.497 e. The number of nitrogens with one attached hydrogen (secondary N) is 1. The number of methoxy groups -OCH3 is 2. The molecule has 7 nitrogen and oxygen atoms in total. The quantitative estimate of drug-likeness (QED) is 0.707. The van der Waals surface area contributed by atoms with E-state index < -0.39 is 28.1 Å². The van der Waals surface area contributed by atoms with Gasteiger partial charge >= 0.3 is 5.97 Å². The van der Waals surface area contributed by atoms with Crippen LogP contribution in [0.25, 0.3) is 0 Å². The van der Waals surface area contributed by atoms with Gasteiger partial charge in [-0.15, -0.1) is 0 Å². The predicted octanol–water partition coefficient (Wildman–Crippen LogP) is -0.181. The smallest absolute Gasteiger partial charge is 0.326 e. The molecule has 0 aliphatic rings. The Hall–Kier alpha value is -1.64. The number of aliphatic hydroxyl groups is 1. The number of carbonyl (C=O) groups is 1. The Morgan fingerprint density at radius 3 is 2.20 bits per heavy atom. The first-order chi connectivity index (χ1) is 9.28. The number of carbonyl (C=O) groups excluding carboxylic acids is 1. The van der Waals surface area contributed by atoms with Crippen molar-refractivity contribution in [3.05, 3.63) is 29.8 Å². The van der Waals surface area contributed by atoms with Crippen LogP contribution in [0.3, 0.4) is 0 Å². The van der Waals surface area contributed by atoms with Crippen LogP contribution < -0.4 is 9.46 Å². The van der Waals surface area contributed by atoms with Crippen LogP contribution in [0.2, 0.25) is 0 Å². The van der Waals surface area contributed by atoms with Crippen LogP contribution in [0.15, 0.2) is 24.3 Å². The molecule has 0 saturated carbocycles. The Labute approximate surface area is 117 Å². The van der Waals surface area contributed by atoms with E-state index in [1.807, 2.05) is 0 Å². The Morgan fingerprint density at radius 2 is 1.80 bits per heavy atom. The lowest BCUT2D eigenvalue weighted by Crippen LogP contribution is -2.45. The lowest BCUT2D eigenvalue weighted by atomic mass is 10.0. The summed E-state index contributed by atoms with van der Waals surface area (Å²) in [7, 11) is -1.07. The second-order valence-electron chi connectivity index (χ2n) is 4.11. The van der Waals surface area contributed by atoms with E-state index in [4.69, 9.17) is 4.74 Å². The van der Waals surface area contributed by atoms with Crippen molar-refractivity contribution in [1.82, 2.24) is 4.72 Å². The molecule has 0 fully saturated rings. The van der Waals surface area contributed by atoms with Crippen molar-refractivity contribution in [2.75, 3.05) is 20.5 Å². The number of esters is 1. The summed E-state index contributed by atoms with van der Waals surface area (Å²) < 4.78 is 34.0. The monoisotopic (exact) mass is 303 g/mol. The average Bonchev–Trinajstić information content (AvgIpc) is 2.42. The molecule has 0 spiro atoms. The molecule has 1 rings (SSSR count). The Bertz CT molecular complexity index is 554. The summed E-state index contributed by atoms with van der Waals surface area (Å²) in [6.45, 7) is 0. The van der Waals surface area contributed by atoms with Crippen molar-refractivity contribution in [3.63, 3.8) is 0 Å². The third kappa shape index (κ3) is 4.48. The van der Waals surface area contributed by atoms with Crippen molar-refractivity contribution >= 4 is 16.0 Å².